The Kier molecular flexibility index (Phi) is 5.66. The highest BCUT2D eigenvalue weighted by Crippen LogP contribution is 2.07. The molecule has 0 aromatic carbocycles. The normalized spacial score (nSPS) is 11.4. The minimum absolute atomic E-state index is 0.212. The second-order valence-corrected chi connectivity index (χ2v) is 3.70. The lowest BCUT2D eigenvalue weighted by atomic mass is 10.0. The van der Waals surface area contributed by atoms with Crippen LogP contribution in [0.4, 0.5) is 0 Å². The summed E-state index contributed by atoms with van der Waals surface area (Å²) in [5, 5.41) is 0. The number of rotatable bonds is 6. The number of methoxy groups -OCH3 is 1. The van der Waals surface area contributed by atoms with Crippen LogP contribution in [0.25, 0.3) is 0 Å². The van der Waals surface area contributed by atoms with Crippen LogP contribution in [0, 0.1) is 0 Å². The first-order chi connectivity index (χ1) is 5.95. The summed E-state index contributed by atoms with van der Waals surface area (Å²) < 4.78 is 9.59. The Labute approximate surface area is 79.4 Å². The molecule has 4 heteroatoms. The van der Waals surface area contributed by atoms with E-state index in [-0.39, 0.29) is 11.5 Å². The monoisotopic (exact) mass is 189 g/mol. The number of hydrogen-bond acceptors (Lipinski definition) is 4. The minimum Gasteiger partial charge on any atom is -0.463 e. The zero-order valence-corrected chi connectivity index (χ0v) is 8.63. The van der Waals surface area contributed by atoms with Gasteiger partial charge in [-0.05, 0) is 20.3 Å². The molecule has 0 rings (SSSR count). The third-order valence-corrected chi connectivity index (χ3v) is 1.52. The van der Waals surface area contributed by atoms with Crippen LogP contribution in [0.5, 0.6) is 0 Å². The molecule has 0 bridgehead atoms. The molecule has 0 saturated carbocycles. The van der Waals surface area contributed by atoms with Gasteiger partial charge in [0.2, 0.25) is 0 Å². The van der Waals surface area contributed by atoms with Gasteiger partial charge in [-0.3, -0.25) is 4.79 Å². The molecule has 0 aromatic heterocycles. The van der Waals surface area contributed by atoms with Gasteiger partial charge in [0.1, 0.15) is 6.61 Å². The van der Waals surface area contributed by atoms with Crippen LogP contribution in [0.15, 0.2) is 0 Å². The zero-order chi connectivity index (χ0) is 10.3. The Hall–Kier alpha value is -0.610. The maximum absolute atomic E-state index is 11.0. The molecule has 2 N–H and O–H groups in total. The van der Waals surface area contributed by atoms with E-state index in [2.05, 4.69) is 0 Å². The van der Waals surface area contributed by atoms with E-state index in [0.717, 1.165) is 0 Å². The molecule has 78 valence electrons. The standard InChI is InChI=1S/C9H19NO3/c1-9(2,10)5-4-8(11)13-7-6-12-3/h4-7,10H2,1-3H3. The molecule has 4 nitrogen and oxygen atoms in total. The van der Waals surface area contributed by atoms with Crippen molar-refractivity contribution in [1.82, 2.24) is 0 Å². The van der Waals surface area contributed by atoms with E-state index in [1.807, 2.05) is 13.8 Å². The van der Waals surface area contributed by atoms with Gasteiger partial charge in [-0.1, -0.05) is 0 Å². The summed E-state index contributed by atoms with van der Waals surface area (Å²) in [6, 6.07) is 0. The van der Waals surface area contributed by atoms with Crippen molar-refractivity contribution in [2.45, 2.75) is 32.2 Å². The van der Waals surface area contributed by atoms with Crippen molar-refractivity contribution >= 4 is 5.97 Å². The largest absolute Gasteiger partial charge is 0.463 e. The van der Waals surface area contributed by atoms with Gasteiger partial charge in [-0.2, -0.15) is 0 Å². The molecule has 0 aliphatic rings. The van der Waals surface area contributed by atoms with E-state index in [0.29, 0.717) is 26.1 Å². The summed E-state index contributed by atoms with van der Waals surface area (Å²) in [5.41, 5.74) is 5.40. The van der Waals surface area contributed by atoms with Gasteiger partial charge in [-0.25, -0.2) is 0 Å². The number of nitrogens with two attached hydrogens (primary N) is 1. The number of ether oxygens (including phenoxy) is 2. The van der Waals surface area contributed by atoms with Crippen molar-refractivity contribution in [3.8, 4) is 0 Å². The lowest BCUT2D eigenvalue weighted by Crippen LogP contribution is -2.32. The Bertz CT molecular complexity index is 151. The van der Waals surface area contributed by atoms with E-state index in [1.165, 1.54) is 0 Å². The lowest BCUT2D eigenvalue weighted by molar-refractivity contribution is -0.145. The molecule has 13 heavy (non-hydrogen) atoms. The fourth-order valence-corrected chi connectivity index (χ4v) is 0.735. The van der Waals surface area contributed by atoms with Crippen LogP contribution in [0.1, 0.15) is 26.7 Å². The molecule has 0 unspecified atom stereocenters. The van der Waals surface area contributed by atoms with Crippen LogP contribution in [-0.4, -0.2) is 31.8 Å². The zero-order valence-electron chi connectivity index (χ0n) is 8.63. The smallest absolute Gasteiger partial charge is 0.305 e. The van der Waals surface area contributed by atoms with Crippen LogP contribution < -0.4 is 5.73 Å². The fourth-order valence-electron chi connectivity index (χ4n) is 0.735. The summed E-state index contributed by atoms with van der Waals surface area (Å²) in [7, 11) is 1.57. The van der Waals surface area contributed by atoms with Gasteiger partial charge >= 0.3 is 5.97 Å². The average Bonchev–Trinajstić information content (AvgIpc) is 2.00. The first-order valence-electron chi connectivity index (χ1n) is 4.39. The summed E-state index contributed by atoms with van der Waals surface area (Å²) in [5.74, 6) is -0.212. The van der Waals surface area contributed by atoms with Crippen LogP contribution in [-0.2, 0) is 14.3 Å². The molecular formula is C9H19NO3. The molecule has 0 amide bonds. The topological polar surface area (TPSA) is 61.5 Å². The number of hydrogen-bond donors (Lipinski definition) is 1. The summed E-state index contributed by atoms with van der Waals surface area (Å²) >= 11 is 0. The fraction of sp³-hybridized carbons (Fsp3) is 0.889. The summed E-state index contributed by atoms with van der Waals surface area (Å²) in [6.45, 7) is 4.53. The third-order valence-electron chi connectivity index (χ3n) is 1.52. The SMILES string of the molecule is COCCOC(=O)CCC(C)(C)N. The second-order valence-electron chi connectivity index (χ2n) is 3.70. The molecular weight excluding hydrogens is 170 g/mol. The van der Waals surface area contributed by atoms with Crippen molar-refractivity contribution in [2.24, 2.45) is 5.73 Å². The number of esters is 1. The van der Waals surface area contributed by atoms with Gasteiger partial charge in [-0.15, -0.1) is 0 Å². The Morgan fingerprint density at radius 1 is 1.38 bits per heavy atom. The lowest BCUT2D eigenvalue weighted by Gasteiger charge is -2.17. The van der Waals surface area contributed by atoms with Crippen molar-refractivity contribution in [3.63, 3.8) is 0 Å². The van der Waals surface area contributed by atoms with Crippen LogP contribution in [0.2, 0.25) is 0 Å². The quantitative estimate of drug-likeness (QED) is 0.493. The molecule has 0 saturated heterocycles. The molecule has 0 atom stereocenters. The van der Waals surface area contributed by atoms with Gasteiger partial charge < -0.3 is 15.2 Å². The van der Waals surface area contributed by atoms with Crippen molar-refractivity contribution in [2.75, 3.05) is 20.3 Å². The van der Waals surface area contributed by atoms with Gasteiger partial charge in [0.25, 0.3) is 0 Å². The van der Waals surface area contributed by atoms with Gasteiger partial charge in [0.15, 0.2) is 0 Å². The summed E-state index contributed by atoms with van der Waals surface area (Å²) in [4.78, 5) is 11.0. The molecule has 0 aliphatic heterocycles. The predicted octanol–water partition coefficient (Wildman–Crippen LogP) is 0.694. The van der Waals surface area contributed by atoms with Crippen LogP contribution in [0.3, 0.4) is 0 Å². The van der Waals surface area contributed by atoms with Crippen LogP contribution >= 0.6 is 0 Å². The van der Waals surface area contributed by atoms with E-state index < -0.39 is 0 Å². The summed E-state index contributed by atoms with van der Waals surface area (Å²) in [6.07, 6.45) is 1.01. The first kappa shape index (κ1) is 12.4. The van der Waals surface area contributed by atoms with E-state index in [9.17, 15) is 4.79 Å². The number of carbonyl (C=O) groups is 1. The van der Waals surface area contributed by atoms with Gasteiger partial charge in [0, 0.05) is 19.1 Å². The molecule has 0 fully saturated rings. The molecule has 0 radical (unpaired) electrons. The Morgan fingerprint density at radius 3 is 2.46 bits per heavy atom. The second kappa shape index (κ2) is 5.94. The first-order valence-corrected chi connectivity index (χ1v) is 4.39. The van der Waals surface area contributed by atoms with Crippen molar-refractivity contribution < 1.29 is 14.3 Å². The minimum atomic E-state index is -0.305. The highest BCUT2D eigenvalue weighted by Gasteiger charge is 2.13. The Balaban J connectivity index is 3.41. The van der Waals surface area contributed by atoms with E-state index >= 15 is 0 Å². The van der Waals surface area contributed by atoms with Crippen molar-refractivity contribution in [1.29, 1.82) is 0 Å². The molecule has 0 spiro atoms. The third kappa shape index (κ3) is 9.30. The maximum atomic E-state index is 11.0. The highest BCUT2D eigenvalue weighted by atomic mass is 16.6. The molecule has 0 heterocycles. The highest BCUT2D eigenvalue weighted by molar-refractivity contribution is 5.69. The average molecular weight is 189 g/mol. The van der Waals surface area contributed by atoms with E-state index in [1.54, 1.807) is 7.11 Å². The van der Waals surface area contributed by atoms with E-state index in [4.69, 9.17) is 15.2 Å². The molecule has 0 aliphatic carbocycles. The maximum Gasteiger partial charge on any atom is 0.305 e. The molecule has 0 aromatic rings. The van der Waals surface area contributed by atoms with Gasteiger partial charge in [0.05, 0.1) is 6.61 Å². The predicted molar refractivity (Wildman–Crippen MR) is 50.3 cm³/mol. The number of carbonyl (C=O) groups excluding carboxylic acids is 1. The van der Waals surface area contributed by atoms with Crippen molar-refractivity contribution in [3.05, 3.63) is 0 Å². The Morgan fingerprint density at radius 2 is 2.00 bits per heavy atom.